The van der Waals surface area contributed by atoms with Crippen molar-refractivity contribution in [1.29, 1.82) is 0 Å². The predicted molar refractivity (Wildman–Crippen MR) is 112 cm³/mol. The van der Waals surface area contributed by atoms with Crippen LogP contribution < -0.4 is 9.47 Å². The van der Waals surface area contributed by atoms with Crippen LogP contribution in [0.4, 0.5) is 0 Å². The third-order valence-corrected chi connectivity index (χ3v) is 6.29. The van der Waals surface area contributed by atoms with E-state index in [1.54, 1.807) is 14.2 Å². The van der Waals surface area contributed by atoms with Crippen molar-refractivity contribution in [3.05, 3.63) is 51.8 Å². The fraction of sp³-hybridized carbons (Fsp3) is 0.364. The van der Waals surface area contributed by atoms with Crippen LogP contribution in [-0.2, 0) is 16.0 Å². The molecule has 1 aromatic carbocycles. The van der Waals surface area contributed by atoms with Gasteiger partial charge in [0.25, 0.3) is 11.8 Å². The van der Waals surface area contributed by atoms with Crippen LogP contribution >= 0.6 is 11.3 Å². The zero-order chi connectivity index (χ0) is 20.4. The number of amides is 2. The Hall–Kier alpha value is -2.80. The van der Waals surface area contributed by atoms with Crippen LogP contribution in [0.15, 0.2) is 41.4 Å². The fourth-order valence-electron chi connectivity index (χ4n) is 3.92. The second kappa shape index (κ2) is 8.29. The van der Waals surface area contributed by atoms with E-state index in [1.807, 2.05) is 35.7 Å². The Morgan fingerprint density at radius 1 is 1.00 bits per heavy atom. The van der Waals surface area contributed by atoms with Gasteiger partial charge in [-0.2, -0.15) is 0 Å². The Balaban J connectivity index is 1.57. The zero-order valence-electron chi connectivity index (χ0n) is 16.6. The minimum Gasteiger partial charge on any atom is -0.493 e. The van der Waals surface area contributed by atoms with Crippen LogP contribution in [0.5, 0.6) is 11.5 Å². The van der Waals surface area contributed by atoms with Crippen LogP contribution in [0.3, 0.4) is 0 Å². The van der Waals surface area contributed by atoms with Gasteiger partial charge in [0.1, 0.15) is 5.70 Å². The lowest BCUT2D eigenvalue weighted by Crippen LogP contribution is -2.36. The molecule has 0 aliphatic carbocycles. The van der Waals surface area contributed by atoms with Crippen LogP contribution in [0.1, 0.15) is 23.3 Å². The van der Waals surface area contributed by atoms with Gasteiger partial charge in [-0.05, 0) is 48.4 Å². The van der Waals surface area contributed by atoms with E-state index in [2.05, 4.69) is 4.90 Å². The standard InChI is InChI=1S/C22H24N2O4S/c1-27-16-8-7-15(14-17(16)28-2)9-12-24-21(25)19(18-6-5-13-29-18)20(22(24)26)23-10-3-4-11-23/h5-8,13-14H,3-4,9-12H2,1-2H3. The number of benzene rings is 1. The molecule has 0 N–H and O–H groups in total. The van der Waals surface area contributed by atoms with E-state index in [0.717, 1.165) is 36.4 Å². The van der Waals surface area contributed by atoms with Gasteiger partial charge in [0.15, 0.2) is 11.5 Å². The highest BCUT2D eigenvalue weighted by Crippen LogP contribution is 2.35. The monoisotopic (exact) mass is 412 g/mol. The smallest absolute Gasteiger partial charge is 0.277 e. The summed E-state index contributed by atoms with van der Waals surface area (Å²) in [5.74, 6) is 0.919. The summed E-state index contributed by atoms with van der Waals surface area (Å²) < 4.78 is 10.6. The molecule has 0 saturated carbocycles. The van der Waals surface area contributed by atoms with Gasteiger partial charge in [0, 0.05) is 24.5 Å². The number of carbonyl (C=O) groups excluding carboxylic acids is 2. The molecule has 0 bridgehead atoms. The highest BCUT2D eigenvalue weighted by molar-refractivity contribution is 7.11. The Bertz CT molecular complexity index is 946. The Labute approximate surface area is 174 Å². The van der Waals surface area contributed by atoms with E-state index in [1.165, 1.54) is 16.2 Å². The Morgan fingerprint density at radius 2 is 1.76 bits per heavy atom. The number of rotatable bonds is 7. The van der Waals surface area contributed by atoms with Crippen molar-refractivity contribution in [3.8, 4) is 11.5 Å². The van der Waals surface area contributed by atoms with E-state index in [0.29, 0.717) is 35.7 Å². The summed E-state index contributed by atoms with van der Waals surface area (Å²) in [5.41, 5.74) is 2.11. The number of methoxy groups -OCH3 is 2. The summed E-state index contributed by atoms with van der Waals surface area (Å²) in [6.07, 6.45) is 2.66. The van der Waals surface area contributed by atoms with Crippen LogP contribution in [0.2, 0.25) is 0 Å². The molecular weight excluding hydrogens is 388 g/mol. The number of hydrogen-bond donors (Lipinski definition) is 0. The van der Waals surface area contributed by atoms with Crippen molar-refractivity contribution in [3.63, 3.8) is 0 Å². The predicted octanol–water partition coefficient (Wildman–Crippen LogP) is 3.18. The maximum absolute atomic E-state index is 13.2. The molecule has 2 aromatic rings. The lowest BCUT2D eigenvalue weighted by molar-refractivity contribution is -0.137. The molecule has 2 aliphatic rings. The molecule has 152 valence electrons. The molecule has 1 aromatic heterocycles. The number of likely N-dealkylation sites (tertiary alicyclic amines) is 1. The van der Waals surface area contributed by atoms with Gasteiger partial charge in [0.2, 0.25) is 0 Å². The number of imide groups is 1. The first-order valence-electron chi connectivity index (χ1n) is 9.74. The third kappa shape index (κ3) is 3.62. The van der Waals surface area contributed by atoms with Crippen molar-refractivity contribution in [2.45, 2.75) is 19.3 Å². The molecule has 29 heavy (non-hydrogen) atoms. The fourth-order valence-corrected chi connectivity index (χ4v) is 4.68. The third-order valence-electron chi connectivity index (χ3n) is 5.41. The summed E-state index contributed by atoms with van der Waals surface area (Å²) in [6, 6.07) is 9.49. The topological polar surface area (TPSA) is 59.1 Å². The molecule has 4 rings (SSSR count). The Kier molecular flexibility index (Phi) is 5.58. The van der Waals surface area contributed by atoms with Crippen molar-refractivity contribution in [1.82, 2.24) is 9.80 Å². The van der Waals surface area contributed by atoms with Gasteiger partial charge < -0.3 is 14.4 Å². The molecular formula is C22H24N2O4S. The molecule has 7 heteroatoms. The van der Waals surface area contributed by atoms with E-state index < -0.39 is 0 Å². The maximum atomic E-state index is 13.2. The SMILES string of the molecule is COc1ccc(CCN2C(=O)C(c3cccs3)=C(N3CCCC3)C2=O)cc1OC. The number of hydrogen-bond acceptors (Lipinski definition) is 6. The van der Waals surface area contributed by atoms with Gasteiger partial charge in [-0.25, -0.2) is 0 Å². The highest BCUT2D eigenvalue weighted by atomic mass is 32.1. The largest absolute Gasteiger partial charge is 0.493 e. The lowest BCUT2D eigenvalue weighted by Gasteiger charge is -2.20. The molecule has 0 spiro atoms. The van der Waals surface area contributed by atoms with E-state index in [4.69, 9.17) is 9.47 Å². The summed E-state index contributed by atoms with van der Waals surface area (Å²) in [6.45, 7) is 1.98. The van der Waals surface area contributed by atoms with Crippen LogP contribution in [-0.4, -0.2) is 55.5 Å². The second-order valence-electron chi connectivity index (χ2n) is 7.10. The molecule has 1 fully saturated rings. The Morgan fingerprint density at radius 3 is 2.41 bits per heavy atom. The van der Waals surface area contributed by atoms with Gasteiger partial charge >= 0.3 is 0 Å². The number of nitrogens with zero attached hydrogens (tertiary/aromatic N) is 2. The lowest BCUT2D eigenvalue weighted by atomic mass is 10.1. The van der Waals surface area contributed by atoms with Crippen molar-refractivity contribution >= 4 is 28.7 Å². The van der Waals surface area contributed by atoms with Crippen LogP contribution in [0, 0.1) is 0 Å². The molecule has 3 heterocycles. The van der Waals surface area contributed by atoms with E-state index >= 15 is 0 Å². The number of thiophene rings is 1. The summed E-state index contributed by atoms with van der Waals surface area (Å²) in [5, 5.41) is 1.94. The summed E-state index contributed by atoms with van der Waals surface area (Å²) >= 11 is 1.50. The highest BCUT2D eigenvalue weighted by Gasteiger charge is 2.42. The first-order valence-corrected chi connectivity index (χ1v) is 10.6. The maximum Gasteiger partial charge on any atom is 0.277 e. The molecule has 2 amide bonds. The quantitative estimate of drug-likeness (QED) is 0.654. The van der Waals surface area contributed by atoms with Gasteiger partial charge in [-0.15, -0.1) is 11.3 Å². The van der Waals surface area contributed by atoms with Crippen LogP contribution in [0.25, 0.3) is 5.57 Å². The van der Waals surface area contributed by atoms with Crippen molar-refractivity contribution < 1.29 is 19.1 Å². The second-order valence-corrected chi connectivity index (χ2v) is 8.04. The van der Waals surface area contributed by atoms with Crippen molar-refractivity contribution in [2.24, 2.45) is 0 Å². The molecule has 6 nitrogen and oxygen atoms in total. The zero-order valence-corrected chi connectivity index (χ0v) is 17.5. The molecule has 1 saturated heterocycles. The number of carbonyl (C=O) groups is 2. The van der Waals surface area contributed by atoms with Gasteiger partial charge in [0.05, 0.1) is 19.8 Å². The first kappa shape index (κ1) is 19.5. The van der Waals surface area contributed by atoms with E-state index in [9.17, 15) is 9.59 Å². The minimum atomic E-state index is -0.195. The minimum absolute atomic E-state index is 0.180. The molecule has 2 aliphatic heterocycles. The first-order chi connectivity index (χ1) is 14.1. The van der Waals surface area contributed by atoms with E-state index in [-0.39, 0.29) is 11.8 Å². The number of ether oxygens (including phenoxy) is 2. The average molecular weight is 413 g/mol. The summed E-state index contributed by atoms with van der Waals surface area (Å²) in [4.78, 5) is 30.8. The molecule has 0 atom stereocenters. The molecule has 0 radical (unpaired) electrons. The average Bonchev–Trinajstić information content (AvgIpc) is 3.48. The van der Waals surface area contributed by atoms with Crippen molar-refractivity contribution in [2.75, 3.05) is 33.9 Å². The van der Waals surface area contributed by atoms with Gasteiger partial charge in [-0.1, -0.05) is 12.1 Å². The normalized spacial score (nSPS) is 16.9. The molecule has 0 unspecified atom stereocenters. The van der Waals surface area contributed by atoms with Gasteiger partial charge in [-0.3, -0.25) is 14.5 Å². The summed E-state index contributed by atoms with van der Waals surface area (Å²) in [7, 11) is 3.19.